The van der Waals surface area contributed by atoms with Crippen LogP contribution in [0.3, 0.4) is 0 Å². The van der Waals surface area contributed by atoms with Crippen molar-refractivity contribution >= 4 is 29.8 Å². The summed E-state index contributed by atoms with van der Waals surface area (Å²) in [6, 6.07) is 14.6. The summed E-state index contributed by atoms with van der Waals surface area (Å²) >= 11 is 0. The van der Waals surface area contributed by atoms with E-state index in [1.165, 1.54) is 0 Å². The van der Waals surface area contributed by atoms with E-state index >= 15 is 0 Å². The maximum absolute atomic E-state index is 13.3. The number of ketones is 1. The van der Waals surface area contributed by atoms with Crippen molar-refractivity contribution in [2.45, 2.75) is 19.3 Å². The van der Waals surface area contributed by atoms with Crippen LogP contribution in [0.25, 0.3) is 12.2 Å². The molecule has 1 amide bonds. The number of ether oxygens (including phenoxy) is 2. The van der Waals surface area contributed by atoms with Gasteiger partial charge in [-0.3, -0.25) is 14.4 Å². The van der Waals surface area contributed by atoms with Gasteiger partial charge >= 0.3 is 5.97 Å². The summed E-state index contributed by atoms with van der Waals surface area (Å²) in [5.41, 5.74) is 2.64. The predicted molar refractivity (Wildman–Crippen MR) is 125 cm³/mol. The number of nitrogens with zero attached hydrogens (tertiary/aromatic N) is 1. The van der Waals surface area contributed by atoms with E-state index in [0.29, 0.717) is 22.6 Å². The highest BCUT2D eigenvalue weighted by Crippen LogP contribution is 2.24. The molecule has 1 aliphatic heterocycles. The fraction of sp³-hybridized carbons (Fsp3) is 0.269. The van der Waals surface area contributed by atoms with E-state index < -0.39 is 5.97 Å². The van der Waals surface area contributed by atoms with E-state index in [2.05, 4.69) is 0 Å². The Balaban J connectivity index is 1.89. The molecular formula is C26H27NO6. The molecule has 2 aromatic carbocycles. The molecule has 0 unspecified atom stereocenters. The highest BCUT2D eigenvalue weighted by Gasteiger charge is 2.28. The smallest absolute Gasteiger partial charge is 0.303 e. The predicted octanol–water partition coefficient (Wildman–Crippen LogP) is 3.84. The lowest BCUT2D eigenvalue weighted by Gasteiger charge is -2.30. The second-order valence-electron chi connectivity index (χ2n) is 7.71. The number of amides is 1. The number of carboxylic acids is 1. The average Bonchev–Trinajstić information content (AvgIpc) is 2.82. The Morgan fingerprint density at radius 2 is 1.30 bits per heavy atom. The third-order valence-electron chi connectivity index (χ3n) is 5.35. The maximum Gasteiger partial charge on any atom is 0.303 e. The Morgan fingerprint density at radius 3 is 1.70 bits per heavy atom. The standard InChI is InChI=1S/C26H27NO6/c1-32-22-10-6-18(7-11-22)14-20-16-27(24(28)4-3-5-25(29)30)17-21(26(20)31)15-19-8-12-23(33-2)13-9-19/h6-15H,3-5,16-17H2,1-2H3,(H,29,30)/b20-14+,21-15+. The molecule has 0 aromatic heterocycles. The van der Waals surface area contributed by atoms with Crippen LogP contribution in [0.2, 0.25) is 0 Å². The lowest BCUT2D eigenvalue weighted by molar-refractivity contribution is -0.137. The van der Waals surface area contributed by atoms with Crippen molar-refractivity contribution in [1.82, 2.24) is 4.90 Å². The van der Waals surface area contributed by atoms with Crippen molar-refractivity contribution in [2.75, 3.05) is 27.3 Å². The number of hydrogen-bond acceptors (Lipinski definition) is 5. The van der Waals surface area contributed by atoms with Gasteiger partial charge in [0.15, 0.2) is 5.78 Å². The number of carbonyl (C=O) groups is 3. The van der Waals surface area contributed by atoms with Gasteiger partial charge in [-0.05, 0) is 54.0 Å². The number of methoxy groups -OCH3 is 2. The van der Waals surface area contributed by atoms with E-state index in [0.717, 1.165) is 11.1 Å². The van der Waals surface area contributed by atoms with Gasteiger partial charge in [-0.1, -0.05) is 24.3 Å². The van der Waals surface area contributed by atoms with Crippen molar-refractivity contribution in [3.05, 3.63) is 70.8 Å². The van der Waals surface area contributed by atoms with Crippen LogP contribution in [0.5, 0.6) is 11.5 Å². The van der Waals surface area contributed by atoms with Gasteiger partial charge in [0, 0.05) is 37.1 Å². The number of aliphatic carboxylic acids is 1. The Kier molecular flexibility index (Phi) is 8.02. The minimum absolute atomic E-state index is 0.0679. The summed E-state index contributed by atoms with van der Waals surface area (Å²) in [4.78, 5) is 38.4. The van der Waals surface area contributed by atoms with Gasteiger partial charge in [-0.15, -0.1) is 0 Å². The third-order valence-corrected chi connectivity index (χ3v) is 5.35. The molecule has 0 aliphatic carbocycles. The number of benzene rings is 2. The number of likely N-dealkylation sites (tertiary alicyclic amines) is 1. The molecule has 0 atom stereocenters. The van der Waals surface area contributed by atoms with Crippen LogP contribution >= 0.6 is 0 Å². The molecule has 1 saturated heterocycles. The molecule has 0 spiro atoms. The first-order valence-corrected chi connectivity index (χ1v) is 10.6. The molecule has 172 valence electrons. The van der Waals surface area contributed by atoms with Crippen molar-refractivity contribution < 1.29 is 29.0 Å². The van der Waals surface area contributed by atoms with Crippen LogP contribution in [0.15, 0.2) is 59.7 Å². The molecule has 0 saturated carbocycles. The fourth-order valence-electron chi connectivity index (χ4n) is 3.57. The molecule has 7 heteroatoms. The zero-order chi connectivity index (χ0) is 23.8. The van der Waals surface area contributed by atoms with Crippen molar-refractivity contribution in [2.24, 2.45) is 0 Å². The Morgan fingerprint density at radius 1 is 0.848 bits per heavy atom. The summed E-state index contributed by atoms with van der Waals surface area (Å²) in [7, 11) is 3.17. The molecular weight excluding hydrogens is 422 g/mol. The molecule has 3 rings (SSSR count). The first-order valence-electron chi connectivity index (χ1n) is 10.6. The van der Waals surface area contributed by atoms with Crippen LogP contribution in [-0.4, -0.2) is 55.0 Å². The summed E-state index contributed by atoms with van der Waals surface area (Å²) in [5, 5.41) is 8.85. The number of piperidine rings is 1. The van der Waals surface area contributed by atoms with Crippen molar-refractivity contribution in [3.8, 4) is 11.5 Å². The Bertz CT molecular complexity index is 997. The molecule has 2 aromatic rings. The topological polar surface area (TPSA) is 93.1 Å². The number of Topliss-reactive ketones (excluding diaryl/α,β-unsaturated/α-hetero) is 1. The summed E-state index contributed by atoms with van der Waals surface area (Å²) in [5.74, 6) is 0.197. The summed E-state index contributed by atoms with van der Waals surface area (Å²) in [6.45, 7) is 0.355. The molecule has 1 aliphatic rings. The van der Waals surface area contributed by atoms with Gasteiger partial charge in [0.2, 0.25) is 5.91 Å². The summed E-state index contributed by atoms with van der Waals surface area (Å²) < 4.78 is 10.4. The van der Waals surface area contributed by atoms with Crippen molar-refractivity contribution in [3.63, 3.8) is 0 Å². The van der Waals surface area contributed by atoms with E-state index in [4.69, 9.17) is 14.6 Å². The van der Waals surface area contributed by atoms with Crippen molar-refractivity contribution in [1.29, 1.82) is 0 Å². The van der Waals surface area contributed by atoms with Gasteiger partial charge in [0.1, 0.15) is 11.5 Å². The van der Waals surface area contributed by atoms with Crippen LogP contribution in [0.1, 0.15) is 30.4 Å². The fourth-order valence-corrected chi connectivity index (χ4v) is 3.57. The Hall–Kier alpha value is -3.87. The molecule has 1 N–H and O–H groups in total. The van der Waals surface area contributed by atoms with Gasteiger partial charge in [0.05, 0.1) is 14.2 Å². The quantitative estimate of drug-likeness (QED) is 0.616. The molecule has 0 bridgehead atoms. The molecule has 33 heavy (non-hydrogen) atoms. The molecule has 7 nitrogen and oxygen atoms in total. The zero-order valence-electron chi connectivity index (χ0n) is 18.7. The lowest BCUT2D eigenvalue weighted by Crippen LogP contribution is -2.41. The van der Waals surface area contributed by atoms with E-state index in [-0.39, 0.29) is 44.0 Å². The van der Waals surface area contributed by atoms with E-state index in [9.17, 15) is 14.4 Å². The highest BCUT2D eigenvalue weighted by atomic mass is 16.5. The van der Waals surface area contributed by atoms with E-state index in [1.54, 1.807) is 31.3 Å². The first-order chi connectivity index (χ1) is 15.9. The van der Waals surface area contributed by atoms with Crippen LogP contribution < -0.4 is 9.47 Å². The maximum atomic E-state index is 13.3. The highest BCUT2D eigenvalue weighted by molar-refractivity contribution is 6.15. The number of hydrogen-bond donors (Lipinski definition) is 1. The first kappa shape index (κ1) is 23.8. The summed E-state index contributed by atoms with van der Waals surface area (Å²) in [6.07, 6.45) is 3.86. The number of carbonyl (C=O) groups excluding carboxylic acids is 2. The molecule has 1 heterocycles. The molecule has 1 fully saturated rings. The largest absolute Gasteiger partial charge is 0.497 e. The van der Waals surface area contributed by atoms with Gasteiger partial charge in [-0.25, -0.2) is 0 Å². The minimum Gasteiger partial charge on any atom is -0.497 e. The Labute approximate surface area is 192 Å². The lowest BCUT2D eigenvalue weighted by atomic mass is 9.94. The monoisotopic (exact) mass is 449 g/mol. The third kappa shape index (κ3) is 6.55. The SMILES string of the molecule is COc1ccc(/C=C2\CN(C(=O)CCCC(=O)O)C/C(=C\c3ccc(OC)cc3)C2=O)cc1. The van der Waals surface area contributed by atoms with Gasteiger partial charge < -0.3 is 19.5 Å². The normalized spacial score (nSPS) is 16.2. The van der Waals surface area contributed by atoms with Crippen LogP contribution in [0, 0.1) is 0 Å². The number of carboxylic acid groups (broad SMARTS) is 1. The second-order valence-corrected chi connectivity index (χ2v) is 7.71. The van der Waals surface area contributed by atoms with Crippen LogP contribution in [0.4, 0.5) is 0 Å². The minimum atomic E-state index is -0.934. The zero-order valence-corrected chi connectivity index (χ0v) is 18.7. The second kappa shape index (κ2) is 11.1. The van der Waals surface area contributed by atoms with Gasteiger partial charge in [-0.2, -0.15) is 0 Å². The van der Waals surface area contributed by atoms with Crippen LogP contribution in [-0.2, 0) is 14.4 Å². The van der Waals surface area contributed by atoms with E-state index in [1.807, 2.05) is 48.5 Å². The number of rotatable bonds is 8. The van der Waals surface area contributed by atoms with Gasteiger partial charge in [0.25, 0.3) is 0 Å². The average molecular weight is 450 g/mol. The molecule has 0 radical (unpaired) electrons.